The van der Waals surface area contributed by atoms with E-state index >= 15 is 0 Å². The predicted molar refractivity (Wildman–Crippen MR) is 82.9 cm³/mol. The van der Waals surface area contributed by atoms with Crippen LogP contribution in [-0.4, -0.2) is 53.5 Å². The van der Waals surface area contributed by atoms with E-state index in [4.69, 9.17) is 4.74 Å². The second-order valence-electron chi connectivity index (χ2n) is 6.90. The Labute approximate surface area is 128 Å². The van der Waals surface area contributed by atoms with E-state index in [0.29, 0.717) is 6.10 Å². The molecule has 1 saturated heterocycles. The number of amides is 1. The third-order valence-corrected chi connectivity index (χ3v) is 5.38. The maximum Gasteiger partial charge on any atom is 0.219 e. The molecule has 2 aliphatic heterocycles. The molecule has 1 spiro atoms. The van der Waals surface area contributed by atoms with Crippen LogP contribution in [0.4, 0.5) is 0 Å². The molecule has 0 radical (unpaired) electrons. The SMILES string of the molecule is CC(=O)N1CCN(CC2CCC=CO2)CC12CCCCC2. The fourth-order valence-electron chi connectivity index (χ4n) is 4.35. The molecule has 1 unspecified atom stereocenters. The lowest BCUT2D eigenvalue weighted by molar-refractivity contribution is -0.142. The Bertz CT molecular complexity index is 402. The number of nitrogens with zero attached hydrogens (tertiary/aromatic N) is 2. The number of carbonyl (C=O) groups is 1. The van der Waals surface area contributed by atoms with Gasteiger partial charge in [0.15, 0.2) is 0 Å². The lowest BCUT2D eigenvalue weighted by Crippen LogP contribution is -2.64. The van der Waals surface area contributed by atoms with Crippen LogP contribution >= 0.6 is 0 Å². The largest absolute Gasteiger partial charge is 0.497 e. The Morgan fingerprint density at radius 2 is 2.10 bits per heavy atom. The number of allylic oxidation sites excluding steroid dienone is 1. The fourth-order valence-corrected chi connectivity index (χ4v) is 4.35. The van der Waals surface area contributed by atoms with Crippen molar-refractivity contribution in [2.45, 2.75) is 63.5 Å². The molecule has 118 valence electrons. The van der Waals surface area contributed by atoms with Crippen molar-refractivity contribution in [3.63, 3.8) is 0 Å². The van der Waals surface area contributed by atoms with E-state index in [1.807, 2.05) is 6.26 Å². The van der Waals surface area contributed by atoms with E-state index in [2.05, 4.69) is 15.9 Å². The second-order valence-corrected chi connectivity index (χ2v) is 6.90. The molecule has 0 bridgehead atoms. The first-order chi connectivity index (χ1) is 10.2. The first-order valence-electron chi connectivity index (χ1n) is 8.51. The molecule has 1 amide bonds. The molecule has 2 heterocycles. The Balaban J connectivity index is 1.66. The Hall–Kier alpha value is -1.03. The van der Waals surface area contributed by atoms with Gasteiger partial charge in [-0.25, -0.2) is 0 Å². The highest BCUT2D eigenvalue weighted by Crippen LogP contribution is 2.36. The lowest BCUT2D eigenvalue weighted by atomic mass is 9.78. The van der Waals surface area contributed by atoms with Crippen molar-refractivity contribution in [3.05, 3.63) is 12.3 Å². The van der Waals surface area contributed by atoms with Gasteiger partial charge in [-0.3, -0.25) is 9.69 Å². The molecule has 0 aromatic carbocycles. The fraction of sp³-hybridized carbons (Fsp3) is 0.824. The number of hydrogen-bond donors (Lipinski definition) is 0. The molecular formula is C17H28N2O2. The van der Waals surface area contributed by atoms with Gasteiger partial charge in [-0.15, -0.1) is 0 Å². The van der Waals surface area contributed by atoms with Gasteiger partial charge in [0.25, 0.3) is 0 Å². The topological polar surface area (TPSA) is 32.8 Å². The smallest absolute Gasteiger partial charge is 0.219 e. The van der Waals surface area contributed by atoms with E-state index in [1.165, 1.54) is 32.1 Å². The molecule has 21 heavy (non-hydrogen) atoms. The van der Waals surface area contributed by atoms with Crippen LogP contribution in [-0.2, 0) is 9.53 Å². The molecular weight excluding hydrogens is 264 g/mol. The molecule has 2 fully saturated rings. The summed E-state index contributed by atoms with van der Waals surface area (Å²) < 4.78 is 5.73. The minimum absolute atomic E-state index is 0.104. The van der Waals surface area contributed by atoms with Crippen LogP contribution in [0, 0.1) is 0 Å². The van der Waals surface area contributed by atoms with E-state index in [9.17, 15) is 4.79 Å². The van der Waals surface area contributed by atoms with E-state index in [-0.39, 0.29) is 11.4 Å². The highest BCUT2D eigenvalue weighted by molar-refractivity contribution is 5.74. The van der Waals surface area contributed by atoms with Crippen LogP contribution in [0.15, 0.2) is 12.3 Å². The van der Waals surface area contributed by atoms with E-state index in [1.54, 1.807) is 6.92 Å². The quantitative estimate of drug-likeness (QED) is 0.784. The van der Waals surface area contributed by atoms with Crippen molar-refractivity contribution >= 4 is 5.91 Å². The van der Waals surface area contributed by atoms with Gasteiger partial charge >= 0.3 is 0 Å². The van der Waals surface area contributed by atoms with Gasteiger partial charge in [0.2, 0.25) is 5.91 Å². The lowest BCUT2D eigenvalue weighted by Gasteiger charge is -2.53. The number of piperazine rings is 1. The second kappa shape index (κ2) is 6.39. The zero-order valence-electron chi connectivity index (χ0n) is 13.2. The average molecular weight is 292 g/mol. The average Bonchev–Trinajstić information content (AvgIpc) is 2.49. The minimum atomic E-state index is 0.104. The summed E-state index contributed by atoms with van der Waals surface area (Å²) in [7, 11) is 0. The summed E-state index contributed by atoms with van der Waals surface area (Å²) in [5, 5.41) is 0. The molecule has 4 nitrogen and oxygen atoms in total. The van der Waals surface area contributed by atoms with Crippen molar-refractivity contribution in [3.8, 4) is 0 Å². The predicted octanol–water partition coefficient (Wildman–Crippen LogP) is 2.55. The molecule has 0 aromatic rings. The third-order valence-electron chi connectivity index (χ3n) is 5.38. The monoisotopic (exact) mass is 292 g/mol. The van der Waals surface area contributed by atoms with Crippen molar-refractivity contribution in [2.24, 2.45) is 0 Å². The zero-order chi connectivity index (χ0) is 14.7. The summed E-state index contributed by atoms with van der Waals surface area (Å²) >= 11 is 0. The highest BCUT2D eigenvalue weighted by atomic mass is 16.5. The summed E-state index contributed by atoms with van der Waals surface area (Å²) in [5.74, 6) is 0.258. The molecule has 1 saturated carbocycles. The number of ether oxygens (including phenoxy) is 1. The number of rotatable bonds is 2. The van der Waals surface area contributed by atoms with Crippen LogP contribution in [0.5, 0.6) is 0 Å². The van der Waals surface area contributed by atoms with Crippen molar-refractivity contribution in [2.75, 3.05) is 26.2 Å². The minimum Gasteiger partial charge on any atom is -0.497 e. The number of carbonyl (C=O) groups excluding carboxylic acids is 1. The first-order valence-corrected chi connectivity index (χ1v) is 8.51. The van der Waals surface area contributed by atoms with E-state index < -0.39 is 0 Å². The standard InChI is InChI=1S/C17H28N2O2/c1-15(20)19-11-10-18(13-16-7-3-6-12-21-16)14-17(19)8-4-2-5-9-17/h6,12,16H,2-5,7-11,13-14H2,1H3. The van der Waals surface area contributed by atoms with Crippen molar-refractivity contribution in [1.29, 1.82) is 0 Å². The van der Waals surface area contributed by atoms with Gasteiger partial charge in [0.1, 0.15) is 6.10 Å². The molecule has 1 atom stereocenters. The van der Waals surface area contributed by atoms with Gasteiger partial charge in [-0.1, -0.05) is 19.3 Å². The summed E-state index contributed by atoms with van der Waals surface area (Å²) in [6.45, 7) is 5.66. The van der Waals surface area contributed by atoms with Gasteiger partial charge in [0, 0.05) is 33.1 Å². The zero-order valence-corrected chi connectivity index (χ0v) is 13.2. The molecule has 4 heteroatoms. The number of hydrogen-bond acceptors (Lipinski definition) is 3. The molecule has 3 aliphatic rings. The Morgan fingerprint density at radius 3 is 2.76 bits per heavy atom. The maximum absolute atomic E-state index is 12.0. The molecule has 0 aromatic heterocycles. The van der Waals surface area contributed by atoms with Crippen LogP contribution in [0.3, 0.4) is 0 Å². The molecule has 1 aliphatic carbocycles. The van der Waals surface area contributed by atoms with Crippen LogP contribution in [0.25, 0.3) is 0 Å². The van der Waals surface area contributed by atoms with Crippen molar-refractivity contribution in [1.82, 2.24) is 9.80 Å². The van der Waals surface area contributed by atoms with Gasteiger partial charge in [-0.05, 0) is 31.8 Å². The normalized spacial score (nSPS) is 29.4. The van der Waals surface area contributed by atoms with Crippen LogP contribution in [0.2, 0.25) is 0 Å². The van der Waals surface area contributed by atoms with Crippen LogP contribution in [0.1, 0.15) is 51.9 Å². The summed E-state index contributed by atoms with van der Waals surface area (Å²) in [6.07, 6.45) is 12.7. The third kappa shape index (κ3) is 3.25. The van der Waals surface area contributed by atoms with Crippen molar-refractivity contribution < 1.29 is 9.53 Å². The Morgan fingerprint density at radius 1 is 1.29 bits per heavy atom. The van der Waals surface area contributed by atoms with Gasteiger partial charge < -0.3 is 9.64 Å². The van der Waals surface area contributed by atoms with E-state index in [0.717, 1.165) is 39.0 Å². The first kappa shape index (κ1) is 14.9. The summed E-state index contributed by atoms with van der Waals surface area (Å²) in [4.78, 5) is 16.7. The molecule has 0 N–H and O–H groups in total. The summed E-state index contributed by atoms with van der Waals surface area (Å²) in [6, 6.07) is 0. The highest BCUT2D eigenvalue weighted by Gasteiger charge is 2.43. The maximum atomic E-state index is 12.0. The van der Waals surface area contributed by atoms with Gasteiger partial charge in [0.05, 0.1) is 11.8 Å². The molecule has 3 rings (SSSR count). The van der Waals surface area contributed by atoms with Crippen LogP contribution < -0.4 is 0 Å². The van der Waals surface area contributed by atoms with Gasteiger partial charge in [-0.2, -0.15) is 0 Å². The Kier molecular flexibility index (Phi) is 4.53. The summed E-state index contributed by atoms with van der Waals surface area (Å²) in [5.41, 5.74) is 0.104.